The highest BCUT2D eigenvalue weighted by atomic mass is 19.2. The number of carbonyl (C=O) groups excluding carboxylic acids is 1. The summed E-state index contributed by atoms with van der Waals surface area (Å²) in [6, 6.07) is 3.18. The first-order valence-corrected chi connectivity index (χ1v) is 7.03. The summed E-state index contributed by atoms with van der Waals surface area (Å²) in [4.78, 5) is 13.7. The fourth-order valence-electron chi connectivity index (χ4n) is 1.62. The Morgan fingerprint density at radius 2 is 1.95 bits per heavy atom. The zero-order chi connectivity index (χ0) is 16.8. The van der Waals surface area contributed by atoms with E-state index >= 15 is 0 Å². The van der Waals surface area contributed by atoms with Crippen molar-refractivity contribution in [3.63, 3.8) is 0 Å². The van der Waals surface area contributed by atoms with Crippen molar-refractivity contribution in [2.45, 2.75) is 20.8 Å². The molecule has 0 aliphatic rings. The fourth-order valence-corrected chi connectivity index (χ4v) is 1.62. The lowest BCUT2D eigenvalue weighted by Crippen LogP contribution is -2.26. The van der Waals surface area contributed by atoms with Gasteiger partial charge in [-0.15, -0.1) is 0 Å². The Morgan fingerprint density at radius 1 is 1.27 bits per heavy atom. The molecule has 1 aromatic rings. The van der Waals surface area contributed by atoms with Gasteiger partial charge in [-0.1, -0.05) is 17.9 Å². The molecule has 0 fully saturated rings. The Morgan fingerprint density at radius 3 is 2.55 bits per heavy atom. The summed E-state index contributed by atoms with van der Waals surface area (Å²) in [5, 5.41) is 0. The van der Waals surface area contributed by atoms with Gasteiger partial charge in [-0.25, -0.2) is 8.78 Å². The summed E-state index contributed by atoms with van der Waals surface area (Å²) in [6.45, 7) is 6.76. The maximum Gasteiger partial charge on any atom is 0.176 e. The van der Waals surface area contributed by atoms with Gasteiger partial charge >= 0.3 is 0 Å². The minimum absolute atomic E-state index is 0.0428. The molecule has 118 valence electrons. The third-order valence-corrected chi connectivity index (χ3v) is 2.72. The molecule has 0 N–H and O–H groups in total. The van der Waals surface area contributed by atoms with Crippen LogP contribution in [0.5, 0.6) is 0 Å². The molecule has 2 nitrogen and oxygen atoms in total. The molecule has 0 aliphatic heterocycles. The third-order valence-electron chi connectivity index (χ3n) is 2.72. The number of likely N-dealkylation sites (N-methyl/N-ethyl adjacent to an activating group) is 1. The van der Waals surface area contributed by atoms with E-state index in [4.69, 9.17) is 0 Å². The number of halogens is 2. The second kappa shape index (κ2) is 7.86. The molecular formula is C18H21F2NO. The maximum absolute atomic E-state index is 13.1. The highest BCUT2D eigenvalue weighted by Crippen LogP contribution is 2.10. The lowest BCUT2D eigenvalue weighted by molar-refractivity contribution is 0.0951. The van der Waals surface area contributed by atoms with E-state index in [1.54, 1.807) is 18.0 Å². The largest absolute Gasteiger partial charge is 0.295 e. The number of Topliss-reactive ketones (excluding diaryl/α,β-unsaturated/α-hetero) is 1. The molecule has 0 saturated carbocycles. The SMILES string of the molecule is CN(CC=CC#CC(C)(C)C)CC(=O)c1ccc(F)c(F)c1. The maximum atomic E-state index is 13.1. The monoisotopic (exact) mass is 305 g/mol. The minimum atomic E-state index is -1.01. The fraction of sp³-hybridized carbons (Fsp3) is 0.389. The van der Waals surface area contributed by atoms with E-state index in [1.165, 1.54) is 6.07 Å². The number of ketones is 1. The van der Waals surface area contributed by atoms with Crippen LogP contribution in [0.1, 0.15) is 31.1 Å². The molecule has 0 heterocycles. The molecule has 0 bridgehead atoms. The van der Waals surface area contributed by atoms with Crippen molar-refractivity contribution in [2.24, 2.45) is 5.41 Å². The highest BCUT2D eigenvalue weighted by molar-refractivity contribution is 5.97. The molecule has 0 unspecified atom stereocenters. The van der Waals surface area contributed by atoms with Crippen LogP contribution in [-0.2, 0) is 0 Å². The van der Waals surface area contributed by atoms with Crippen molar-refractivity contribution in [2.75, 3.05) is 20.1 Å². The Bertz CT molecular complexity index is 618. The minimum Gasteiger partial charge on any atom is -0.295 e. The molecule has 1 aromatic carbocycles. The van der Waals surface area contributed by atoms with Crippen molar-refractivity contribution in [3.05, 3.63) is 47.5 Å². The summed E-state index contributed by atoms with van der Waals surface area (Å²) in [6.07, 6.45) is 3.61. The Hall–Kier alpha value is -1.99. The van der Waals surface area contributed by atoms with E-state index < -0.39 is 11.6 Å². The molecular weight excluding hydrogens is 284 g/mol. The number of nitrogens with zero attached hydrogens (tertiary/aromatic N) is 1. The number of rotatable bonds is 5. The topological polar surface area (TPSA) is 20.3 Å². The summed E-state index contributed by atoms with van der Waals surface area (Å²) in [5.41, 5.74) is 0.126. The Labute approximate surface area is 130 Å². The molecule has 0 atom stereocenters. The summed E-state index contributed by atoms with van der Waals surface area (Å²) in [7, 11) is 1.78. The van der Waals surface area contributed by atoms with Gasteiger partial charge in [0.25, 0.3) is 0 Å². The molecule has 0 radical (unpaired) electrons. The number of carbonyl (C=O) groups is 1. The lowest BCUT2D eigenvalue weighted by Gasteiger charge is -2.13. The smallest absolute Gasteiger partial charge is 0.176 e. The van der Waals surface area contributed by atoms with E-state index in [2.05, 4.69) is 11.8 Å². The first-order chi connectivity index (χ1) is 10.2. The molecule has 22 heavy (non-hydrogen) atoms. The van der Waals surface area contributed by atoms with Crippen molar-refractivity contribution >= 4 is 5.78 Å². The average molecular weight is 305 g/mol. The van der Waals surface area contributed by atoms with E-state index in [9.17, 15) is 13.6 Å². The van der Waals surface area contributed by atoms with Gasteiger partial charge in [-0.2, -0.15) is 0 Å². The average Bonchev–Trinajstić information content (AvgIpc) is 2.40. The summed E-state index contributed by atoms with van der Waals surface area (Å²) in [5.74, 6) is 3.80. The van der Waals surface area contributed by atoms with E-state index in [-0.39, 0.29) is 23.3 Å². The van der Waals surface area contributed by atoms with Crippen molar-refractivity contribution in [3.8, 4) is 11.8 Å². The van der Waals surface area contributed by atoms with Gasteiger partial charge in [0.1, 0.15) is 0 Å². The molecule has 4 heteroatoms. The molecule has 0 amide bonds. The van der Waals surface area contributed by atoms with Crippen LogP contribution >= 0.6 is 0 Å². The van der Waals surface area contributed by atoms with E-state index in [0.717, 1.165) is 12.1 Å². The highest BCUT2D eigenvalue weighted by Gasteiger charge is 2.11. The zero-order valence-electron chi connectivity index (χ0n) is 13.4. The molecule has 0 aliphatic carbocycles. The van der Waals surface area contributed by atoms with Crippen LogP contribution in [-0.4, -0.2) is 30.8 Å². The van der Waals surface area contributed by atoms with Gasteiger partial charge in [0.15, 0.2) is 17.4 Å². The predicted octanol–water partition coefficient (Wildman–Crippen LogP) is 3.69. The molecule has 0 saturated heterocycles. The van der Waals surface area contributed by atoms with Crippen LogP contribution in [0.2, 0.25) is 0 Å². The lowest BCUT2D eigenvalue weighted by atomic mass is 9.98. The second-order valence-electron chi connectivity index (χ2n) is 6.17. The van der Waals surface area contributed by atoms with E-state index in [0.29, 0.717) is 6.54 Å². The Kier molecular flexibility index (Phi) is 6.45. The van der Waals surface area contributed by atoms with Gasteiger partial charge in [-0.05, 0) is 52.1 Å². The number of hydrogen-bond donors (Lipinski definition) is 0. The van der Waals surface area contributed by atoms with Gasteiger partial charge in [0, 0.05) is 17.5 Å². The standard InChI is InChI=1S/C18H21F2NO/c1-18(2,3)10-6-5-7-11-21(4)13-17(22)14-8-9-15(19)16(20)12-14/h5,7-9,12H,11,13H2,1-4H3. The Balaban J connectivity index is 2.52. The van der Waals surface area contributed by atoms with Gasteiger partial charge in [0.05, 0.1) is 6.54 Å². The van der Waals surface area contributed by atoms with Crippen molar-refractivity contribution in [1.82, 2.24) is 4.90 Å². The van der Waals surface area contributed by atoms with Gasteiger partial charge in [-0.3, -0.25) is 9.69 Å². The number of hydrogen-bond acceptors (Lipinski definition) is 2. The van der Waals surface area contributed by atoms with Gasteiger partial charge < -0.3 is 0 Å². The van der Waals surface area contributed by atoms with Crippen LogP contribution in [0.25, 0.3) is 0 Å². The number of benzene rings is 1. The molecule has 0 aromatic heterocycles. The zero-order valence-corrected chi connectivity index (χ0v) is 13.4. The van der Waals surface area contributed by atoms with Crippen LogP contribution in [0, 0.1) is 28.9 Å². The van der Waals surface area contributed by atoms with E-state index in [1.807, 2.05) is 26.8 Å². The first-order valence-electron chi connectivity index (χ1n) is 7.03. The first kappa shape index (κ1) is 18.1. The van der Waals surface area contributed by atoms with Crippen LogP contribution in [0.15, 0.2) is 30.4 Å². The normalized spacial score (nSPS) is 11.6. The quantitative estimate of drug-likeness (QED) is 0.611. The second-order valence-corrected chi connectivity index (χ2v) is 6.17. The summed E-state index contributed by atoms with van der Waals surface area (Å²) < 4.78 is 25.9. The molecule has 0 spiro atoms. The van der Waals surface area contributed by atoms with Crippen molar-refractivity contribution in [1.29, 1.82) is 0 Å². The number of allylic oxidation sites excluding steroid dienone is 1. The third kappa shape index (κ3) is 6.64. The van der Waals surface area contributed by atoms with Crippen LogP contribution < -0.4 is 0 Å². The van der Waals surface area contributed by atoms with Crippen LogP contribution in [0.4, 0.5) is 8.78 Å². The summed E-state index contributed by atoms with van der Waals surface area (Å²) >= 11 is 0. The predicted molar refractivity (Wildman–Crippen MR) is 84.6 cm³/mol. The van der Waals surface area contributed by atoms with Crippen LogP contribution in [0.3, 0.4) is 0 Å². The van der Waals surface area contributed by atoms with Gasteiger partial charge in [0.2, 0.25) is 0 Å². The molecule has 1 rings (SSSR count). The van der Waals surface area contributed by atoms with Crippen molar-refractivity contribution < 1.29 is 13.6 Å².